The molecule has 1 heterocycles. The molecule has 4 rings (SSSR count). The predicted octanol–water partition coefficient (Wildman–Crippen LogP) is 5.16. The van der Waals surface area contributed by atoms with Crippen LogP contribution in [0.2, 0.25) is 0 Å². The van der Waals surface area contributed by atoms with Crippen molar-refractivity contribution in [2.75, 3.05) is 18.0 Å². The molecule has 1 aliphatic rings. The Balaban J connectivity index is 1.52. The summed E-state index contributed by atoms with van der Waals surface area (Å²) in [5, 5.41) is 15.0. The summed E-state index contributed by atoms with van der Waals surface area (Å²) in [5.74, 6) is 0.823. The topological polar surface area (TPSA) is 106 Å². The lowest BCUT2D eigenvalue weighted by atomic mass is 9.91. The van der Waals surface area contributed by atoms with Crippen LogP contribution in [-0.4, -0.2) is 29.5 Å². The Kier molecular flexibility index (Phi) is 9.46. The van der Waals surface area contributed by atoms with E-state index in [2.05, 4.69) is 17.6 Å². The molecule has 0 radical (unpaired) electrons. The molecule has 0 bridgehead atoms. The minimum absolute atomic E-state index is 0.00612. The number of carbonyl (C=O) groups is 1. The Labute approximate surface area is 222 Å². The summed E-state index contributed by atoms with van der Waals surface area (Å²) < 4.78 is 13.0. The highest BCUT2D eigenvalue weighted by atomic mass is 32.2. The molecule has 196 valence electrons. The predicted molar refractivity (Wildman–Crippen MR) is 147 cm³/mol. The van der Waals surface area contributed by atoms with Gasteiger partial charge >= 0.3 is 6.03 Å². The largest absolute Gasteiger partial charge is 0.398 e. The first-order chi connectivity index (χ1) is 18.0. The Morgan fingerprint density at radius 2 is 1.62 bits per heavy atom. The number of thioether (sulfide) groups is 1. The van der Waals surface area contributed by atoms with Crippen molar-refractivity contribution in [2.24, 2.45) is 5.92 Å². The molecule has 0 spiro atoms. The first kappa shape index (κ1) is 27.0. The summed E-state index contributed by atoms with van der Waals surface area (Å²) in [4.78, 5) is 12.7. The van der Waals surface area contributed by atoms with E-state index >= 15 is 0 Å². The lowest BCUT2D eigenvalue weighted by Crippen LogP contribution is -2.38. The minimum Gasteiger partial charge on any atom is -0.398 e. The average Bonchev–Trinajstić information content (AvgIpc) is 2.93. The quantitative estimate of drug-likeness (QED) is 0.229. The van der Waals surface area contributed by atoms with Gasteiger partial charge in [0.15, 0.2) is 6.29 Å². The fraction of sp³-hybridized carbons (Fsp3) is 0.345. The van der Waals surface area contributed by atoms with Gasteiger partial charge in [0.25, 0.3) is 0 Å². The standard InChI is InChI=1S/C29H35N3O4S/c1-3-31-29(34)32-16-20-8-14-23(15-9-20)28-35-25(18-37-26-7-5-4-6-24(26)30)19(2)27(36-28)22-12-10-21(17-33)11-13-22/h4-15,19,25,27-28,33H,3,16-18,30H2,1-2H3,(H2,31,32,34). The van der Waals surface area contributed by atoms with Crippen molar-refractivity contribution in [1.82, 2.24) is 10.6 Å². The molecular formula is C29H35N3O4S. The number of aliphatic hydroxyl groups is 1. The van der Waals surface area contributed by atoms with Gasteiger partial charge in [-0.2, -0.15) is 0 Å². The molecule has 3 aromatic rings. The third kappa shape index (κ3) is 7.05. The van der Waals surface area contributed by atoms with Crippen LogP contribution in [0, 0.1) is 5.92 Å². The van der Waals surface area contributed by atoms with Gasteiger partial charge in [0.2, 0.25) is 0 Å². The summed E-state index contributed by atoms with van der Waals surface area (Å²) in [6.07, 6.45) is -0.794. The van der Waals surface area contributed by atoms with E-state index in [1.807, 2.05) is 79.7 Å². The van der Waals surface area contributed by atoms with Gasteiger partial charge in [0.05, 0.1) is 18.8 Å². The Hall–Kier alpha value is -3.04. The highest BCUT2D eigenvalue weighted by molar-refractivity contribution is 7.99. The molecule has 7 nitrogen and oxygen atoms in total. The van der Waals surface area contributed by atoms with Crippen molar-refractivity contribution in [1.29, 1.82) is 0 Å². The lowest BCUT2D eigenvalue weighted by Gasteiger charge is -2.41. The molecule has 37 heavy (non-hydrogen) atoms. The Morgan fingerprint density at radius 1 is 0.946 bits per heavy atom. The van der Waals surface area contributed by atoms with Gasteiger partial charge in [-0.25, -0.2) is 4.79 Å². The fourth-order valence-corrected chi connectivity index (χ4v) is 5.43. The van der Waals surface area contributed by atoms with Crippen molar-refractivity contribution in [3.8, 4) is 0 Å². The molecule has 8 heteroatoms. The van der Waals surface area contributed by atoms with E-state index in [1.54, 1.807) is 11.8 Å². The summed E-state index contributed by atoms with van der Waals surface area (Å²) >= 11 is 1.69. The number of ether oxygens (including phenoxy) is 2. The second kappa shape index (κ2) is 13.0. The van der Waals surface area contributed by atoms with Crippen LogP contribution in [0.25, 0.3) is 0 Å². The van der Waals surface area contributed by atoms with Gasteiger partial charge in [-0.3, -0.25) is 0 Å². The second-order valence-corrected chi connectivity index (χ2v) is 10.2. The number of nitrogens with one attached hydrogen (secondary N) is 2. The minimum atomic E-state index is -0.539. The molecule has 1 fully saturated rings. The second-order valence-electron chi connectivity index (χ2n) is 9.13. The monoisotopic (exact) mass is 521 g/mol. The number of aliphatic hydroxyl groups excluding tert-OH is 1. The first-order valence-electron chi connectivity index (χ1n) is 12.6. The number of hydrogen-bond acceptors (Lipinski definition) is 6. The molecule has 1 saturated heterocycles. The SMILES string of the molecule is CCNC(=O)NCc1ccc(C2OC(CSc3ccccc3N)C(C)C(c3ccc(CO)cc3)O2)cc1. The summed E-state index contributed by atoms with van der Waals surface area (Å²) in [6.45, 7) is 5.06. The summed E-state index contributed by atoms with van der Waals surface area (Å²) in [6, 6.07) is 23.5. The summed E-state index contributed by atoms with van der Waals surface area (Å²) in [7, 11) is 0. The van der Waals surface area contributed by atoms with Crippen molar-refractivity contribution < 1.29 is 19.4 Å². The van der Waals surface area contributed by atoms with E-state index in [-0.39, 0.29) is 30.8 Å². The van der Waals surface area contributed by atoms with Crippen LogP contribution in [0.3, 0.4) is 0 Å². The maximum absolute atomic E-state index is 11.7. The van der Waals surface area contributed by atoms with Crippen LogP contribution in [0.4, 0.5) is 10.5 Å². The Bertz CT molecular complexity index is 1160. The van der Waals surface area contributed by atoms with Crippen LogP contribution in [0.1, 0.15) is 48.5 Å². The molecule has 4 atom stereocenters. The van der Waals surface area contributed by atoms with Crippen LogP contribution in [-0.2, 0) is 22.6 Å². The first-order valence-corrected chi connectivity index (χ1v) is 13.6. The van der Waals surface area contributed by atoms with E-state index in [0.717, 1.165) is 38.6 Å². The van der Waals surface area contributed by atoms with Crippen LogP contribution in [0.15, 0.2) is 77.7 Å². The van der Waals surface area contributed by atoms with Crippen molar-refractivity contribution in [2.45, 2.75) is 50.4 Å². The normalized spacial score (nSPS) is 21.4. The third-order valence-corrected chi connectivity index (χ3v) is 7.67. The third-order valence-electron chi connectivity index (χ3n) is 6.49. The number of para-hydroxylation sites is 1. The maximum atomic E-state index is 11.7. The molecule has 3 aromatic carbocycles. The number of hydrogen-bond donors (Lipinski definition) is 4. The highest BCUT2D eigenvalue weighted by Crippen LogP contribution is 2.43. The fourth-order valence-electron chi connectivity index (χ4n) is 4.29. The van der Waals surface area contributed by atoms with Gasteiger partial charge in [-0.1, -0.05) is 67.6 Å². The number of nitrogens with two attached hydrogens (primary N) is 1. The van der Waals surface area contributed by atoms with E-state index in [1.165, 1.54) is 0 Å². The van der Waals surface area contributed by atoms with Gasteiger partial charge < -0.3 is 30.9 Å². The number of anilines is 1. The van der Waals surface area contributed by atoms with Gasteiger partial charge in [-0.05, 0) is 35.7 Å². The number of amides is 2. The van der Waals surface area contributed by atoms with E-state index in [0.29, 0.717) is 13.1 Å². The molecule has 1 aliphatic heterocycles. The van der Waals surface area contributed by atoms with E-state index in [9.17, 15) is 9.90 Å². The Morgan fingerprint density at radius 3 is 2.30 bits per heavy atom. The number of urea groups is 1. The zero-order valence-corrected chi connectivity index (χ0v) is 22.0. The molecule has 0 saturated carbocycles. The summed E-state index contributed by atoms with van der Waals surface area (Å²) in [5.41, 5.74) is 10.8. The average molecular weight is 522 g/mol. The molecular weight excluding hydrogens is 486 g/mol. The van der Waals surface area contributed by atoms with Gasteiger partial charge in [0.1, 0.15) is 0 Å². The molecule has 0 aromatic heterocycles. The number of benzene rings is 3. The van der Waals surface area contributed by atoms with Crippen molar-refractivity contribution in [3.63, 3.8) is 0 Å². The van der Waals surface area contributed by atoms with E-state index < -0.39 is 6.29 Å². The van der Waals surface area contributed by atoms with Gasteiger partial charge in [0, 0.05) is 40.9 Å². The zero-order chi connectivity index (χ0) is 26.2. The smallest absolute Gasteiger partial charge is 0.315 e. The van der Waals surface area contributed by atoms with Crippen LogP contribution in [0.5, 0.6) is 0 Å². The van der Waals surface area contributed by atoms with Crippen molar-refractivity contribution in [3.05, 3.63) is 95.1 Å². The lowest BCUT2D eigenvalue weighted by molar-refractivity contribution is -0.268. The molecule has 0 aliphatic carbocycles. The van der Waals surface area contributed by atoms with Crippen LogP contribution < -0.4 is 16.4 Å². The van der Waals surface area contributed by atoms with Crippen LogP contribution >= 0.6 is 11.8 Å². The molecule has 2 amide bonds. The molecule has 4 unspecified atom stereocenters. The zero-order valence-electron chi connectivity index (χ0n) is 21.2. The maximum Gasteiger partial charge on any atom is 0.315 e. The van der Waals surface area contributed by atoms with Gasteiger partial charge in [-0.15, -0.1) is 11.8 Å². The number of nitrogen functional groups attached to an aromatic ring is 1. The van der Waals surface area contributed by atoms with E-state index in [4.69, 9.17) is 15.2 Å². The number of rotatable bonds is 9. The van der Waals surface area contributed by atoms with Crippen molar-refractivity contribution >= 4 is 23.5 Å². The highest BCUT2D eigenvalue weighted by Gasteiger charge is 2.38. The number of carbonyl (C=O) groups excluding carboxylic acids is 1. The molecule has 5 N–H and O–H groups in total.